The molecule has 7 nitrogen and oxygen atoms in total. The summed E-state index contributed by atoms with van der Waals surface area (Å²) in [7, 11) is -3.77. The highest BCUT2D eigenvalue weighted by Gasteiger charge is 2.41. The number of hydrogen-bond donors (Lipinski definition) is 2. The number of primary sulfonamides is 1. The van der Waals surface area contributed by atoms with Gasteiger partial charge in [-0.3, -0.25) is 9.59 Å². The third kappa shape index (κ3) is 4.05. The van der Waals surface area contributed by atoms with Crippen LogP contribution in [0.3, 0.4) is 0 Å². The van der Waals surface area contributed by atoms with Gasteiger partial charge in [0.25, 0.3) is 5.91 Å². The predicted octanol–water partition coefficient (Wildman–Crippen LogP) is 0.860. The summed E-state index contributed by atoms with van der Waals surface area (Å²) >= 11 is 0. The first-order chi connectivity index (χ1) is 10.2. The number of esters is 1. The molecule has 0 saturated heterocycles. The number of rotatable bonds is 5. The van der Waals surface area contributed by atoms with Crippen LogP contribution in [0, 0.1) is 11.8 Å². The SMILES string of the molecule is CC(OC(=O)C1CC1C)C(=O)Nc1ccc(S(N)(=O)=O)cc1. The number of nitrogens with two attached hydrogens (primary N) is 1. The molecule has 1 fully saturated rings. The van der Waals surface area contributed by atoms with Gasteiger partial charge in [-0.05, 0) is 43.5 Å². The number of amides is 1. The first-order valence-corrected chi connectivity index (χ1v) is 8.37. The standard InChI is InChI=1S/C14H18N2O5S/c1-8-7-12(8)14(18)21-9(2)13(17)16-10-3-5-11(6-4-10)22(15,19)20/h3-6,8-9,12H,7H2,1-2H3,(H,16,17)(H2,15,19,20). The van der Waals surface area contributed by atoms with Crippen molar-refractivity contribution in [1.29, 1.82) is 0 Å². The van der Waals surface area contributed by atoms with Gasteiger partial charge in [0.1, 0.15) is 0 Å². The van der Waals surface area contributed by atoms with E-state index in [1.165, 1.54) is 31.2 Å². The van der Waals surface area contributed by atoms with Gasteiger partial charge >= 0.3 is 5.97 Å². The molecule has 0 heterocycles. The van der Waals surface area contributed by atoms with Crippen molar-refractivity contribution in [3.63, 3.8) is 0 Å². The summed E-state index contributed by atoms with van der Waals surface area (Å²) in [5.74, 6) is -0.637. The molecular formula is C14H18N2O5S. The third-order valence-electron chi connectivity index (χ3n) is 3.52. The highest BCUT2D eigenvalue weighted by atomic mass is 32.2. The lowest BCUT2D eigenvalue weighted by Gasteiger charge is -2.13. The number of hydrogen-bond acceptors (Lipinski definition) is 5. The zero-order valence-electron chi connectivity index (χ0n) is 12.3. The lowest BCUT2D eigenvalue weighted by molar-refractivity contribution is -0.154. The van der Waals surface area contributed by atoms with Crippen LogP contribution in [0.1, 0.15) is 20.3 Å². The Kier molecular flexibility index (Phi) is 4.52. The number of ether oxygens (including phenoxy) is 1. The van der Waals surface area contributed by atoms with Crippen LogP contribution in [0.5, 0.6) is 0 Å². The molecule has 8 heteroatoms. The van der Waals surface area contributed by atoms with Gasteiger partial charge in [-0.15, -0.1) is 0 Å². The van der Waals surface area contributed by atoms with Crippen LogP contribution in [0.2, 0.25) is 0 Å². The zero-order valence-corrected chi connectivity index (χ0v) is 13.1. The van der Waals surface area contributed by atoms with Crippen molar-refractivity contribution in [2.75, 3.05) is 5.32 Å². The second kappa shape index (κ2) is 6.05. The highest BCUT2D eigenvalue weighted by Crippen LogP contribution is 2.38. The maximum absolute atomic E-state index is 11.9. The molecule has 3 unspecified atom stereocenters. The quantitative estimate of drug-likeness (QED) is 0.779. The molecule has 120 valence electrons. The first kappa shape index (κ1) is 16.4. The molecule has 0 bridgehead atoms. The molecule has 0 spiro atoms. The summed E-state index contributed by atoms with van der Waals surface area (Å²) in [4.78, 5) is 23.5. The average Bonchev–Trinajstić information content (AvgIpc) is 3.15. The van der Waals surface area contributed by atoms with Crippen molar-refractivity contribution in [3.8, 4) is 0 Å². The number of carbonyl (C=O) groups excluding carboxylic acids is 2. The molecule has 0 radical (unpaired) electrons. The normalized spacial score (nSPS) is 21.8. The monoisotopic (exact) mass is 326 g/mol. The van der Waals surface area contributed by atoms with Crippen LogP contribution in [0.25, 0.3) is 0 Å². The molecule has 1 aliphatic carbocycles. The van der Waals surface area contributed by atoms with E-state index in [9.17, 15) is 18.0 Å². The summed E-state index contributed by atoms with van der Waals surface area (Å²) in [6.45, 7) is 3.43. The minimum atomic E-state index is -3.77. The van der Waals surface area contributed by atoms with Gasteiger partial charge in [0.05, 0.1) is 10.8 Å². The summed E-state index contributed by atoms with van der Waals surface area (Å²) in [5, 5.41) is 7.53. The summed E-state index contributed by atoms with van der Waals surface area (Å²) in [6.07, 6.45) is -0.124. The fourth-order valence-corrected chi connectivity index (χ4v) is 2.45. The average molecular weight is 326 g/mol. The largest absolute Gasteiger partial charge is 0.452 e. The van der Waals surface area contributed by atoms with Gasteiger partial charge in [0.15, 0.2) is 6.10 Å². The maximum atomic E-state index is 11.9. The van der Waals surface area contributed by atoms with Gasteiger partial charge in [-0.2, -0.15) is 0 Å². The minimum Gasteiger partial charge on any atom is -0.452 e. The Hall–Kier alpha value is -1.93. The Morgan fingerprint density at radius 3 is 2.32 bits per heavy atom. The van der Waals surface area contributed by atoms with Crippen molar-refractivity contribution >= 4 is 27.6 Å². The molecule has 2 rings (SSSR count). The van der Waals surface area contributed by atoms with E-state index in [-0.39, 0.29) is 16.8 Å². The predicted molar refractivity (Wildman–Crippen MR) is 79.3 cm³/mol. The number of sulfonamides is 1. The molecular weight excluding hydrogens is 308 g/mol. The first-order valence-electron chi connectivity index (χ1n) is 6.82. The number of anilines is 1. The second-order valence-electron chi connectivity index (χ2n) is 5.46. The van der Waals surface area contributed by atoms with E-state index < -0.39 is 22.0 Å². The Morgan fingerprint density at radius 1 is 1.32 bits per heavy atom. The molecule has 22 heavy (non-hydrogen) atoms. The molecule has 1 aromatic carbocycles. The topological polar surface area (TPSA) is 116 Å². The van der Waals surface area contributed by atoms with Gasteiger partial charge < -0.3 is 10.1 Å². The zero-order chi connectivity index (χ0) is 16.5. The lowest BCUT2D eigenvalue weighted by Crippen LogP contribution is -2.30. The maximum Gasteiger partial charge on any atom is 0.309 e. The highest BCUT2D eigenvalue weighted by molar-refractivity contribution is 7.89. The number of nitrogens with one attached hydrogen (secondary N) is 1. The second-order valence-corrected chi connectivity index (χ2v) is 7.02. The Bertz CT molecular complexity index is 684. The molecule has 0 aliphatic heterocycles. The van der Waals surface area contributed by atoms with E-state index in [0.717, 1.165) is 6.42 Å². The van der Waals surface area contributed by atoms with E-state index in [0.29, 0.717) is 11.6 Å². The van der Waals surface area contributed by atoms with E-state index in [1.807, 2.05) is 6.92 Å². The third-order valence-corrected chi connectivity index (χ3v) is 4.45. The fraction of sp³-hybridized carbons (Fsp3) is 0.429. The molecule has 1 saturated carbocycles. The van der Waals surface area contributed by atoms with Gasteiger partial charge in [-0.1, -0.05) is 6.92 Å². The number of benzene rings is 1. The summed E-state index contributed by atoms with van der Waals surface area (Å²) in [6, 6.07) is 5.39. The summed E-state index contributed by atoms with van der Waals surface area (Å²) < 4.78 is 27.3. The van der Waals surface area contributed by atoms with Gasteiger partial charge in [0, 0.05) is 5.69 Å². The number of carbonyl (C=O) groups is 2. The van der Waals surface area contributed by atoms with Crippen molar-refractivity contribution in [2.24, 2.45) is 17.0 Å². The van der Waals surface area contributed by atoms with Crippen molar-refractivity contribution in [2.45, 2.75) is 31.3 Å². The van der Waals surface area contributed by atoms with Crippen LogP contribution in [0.4, 0.5) is 5.69 Å². The lowest BCUT2D eigenvalue weighted by atomic mass is 10.3. The molecule has 1 amide bonds. The van der Waals surface area contributed by atoms with E-state index >= 15 is 0 Å². The summed E-state index contributed by atoms with van der Waals surface area (Å²) in [5.41, 5.74) is 0.389. The van der Waals surface area contributed by atoms with Crippen LogP contribution >= 0.6 is 0 Å². The van der Waals surface area contributed by atoms with E-state index in [1.54, 1.807) is 0 Å². The Morgan fingerprint density at radius 2 is 1.86 bits per heavy atom. The van der Waals surface area contributed by atoms with Crippen molar-refractivity contribution < 1.29 is 22.7 Å². The van der Waals surface area contributed by atoms with Gasteiger partial charge in [-0.25, -0.2) is 13.6 Å². The van der Waals surface area contributed by atoms with Crippen LogP contribution in [-0.4, -0.2) is 26.4 Å². The van der Waals surface area contributed by atoms with Crippen LogP contribution < -0.4 is 10.5 Å². The Balaban J connectivity index is 1.92. The van der Waals surface area contributed by atoms with Crippen LogP contribution in [0.15, 0.2) is 29.2 Å². The molecule has 3 atom stereocenters. The van der Waals surface area contributed by atoms with Gasteiger partial charge in [0.2, 0.25) is 10.0 Å². The van der Waals surface area contributed by atoms with E-state index in [2.05, 4.69) is 5.32 Å². The Labute approximate surface area is 128 Å². The molecule has 1 aliphatic rings. The minimum absolute atomic E-state index is 0.0484. The van der Waals surface area contributed by atoms with E-state index in [4.69, 9.17) is 9.88 Å². The fourth-order valence-electron chi connectivity index (χ4n) is 1.94. The molecule has 1 aromatic rings. The van der Waals surface area contributed by atoms with Crippen molar-refractivity contribution in [3.05, 3.63) is 24.3 Å². The van der Waals surface area contributed by atoms with Crippen molar-refractivity contribution in [1.82, 2.24) is 0 Å². The molecule has 0 aromatic heterocycles. The smallest absolute Gasteiger partial charge is 0.309 e. The molecule has 3 N–H and O–H groups in total. The van der Waals surface area contributed by atoms with Crippen LogP contribution in [-0.2, 0) is 24.3 Å².